The summed E-state index contributed by atoms with van der Waals surface area (Å²) in [5.74, 6) is 0.590. The highest BCUT2D eigenvalue weighted by molar-refractivity contribution is 4.78. The third-order valence-corrected chi connectivity index (χ3v) is 1.39. The maximum atomic E-state index is 8.61. The zero-order valence-corrected chi connectivity index (χ0v) is 7.65. The molecule has 0 atom stereocenters. The van der Waals surface area contributed by atoms with Crippen LogP contribution in [0.5, 0.6) is 0 Å². The Balaban J connectivity index is 2.77. The van der Waals surface area contributed by atoms with Crippen LogP contribution in [0.4, 0.5) is 0 Å². The molecule has 1 aromatic heterocycles. The first kappa shape index (κ1) is 9.12. The van der Waals surface area contributed by atoms with Crippen molar-refractivity contribution < 1.29 is 5.11 Å². The van der Waals surface area contributed by atoms with Crippen molar-refractivity contribution in [1.82, 2.24) is 20.2 Å². The fraction of sp³-hybridized carbons (Fsp3) is 0.857. The van der Waals surface area contributed by atoms with Gasteiger partial charge in [0.05, 0.1) is 12.1 Å². The number of nitrogens with zero attached hydrogens (tertiary/aromatic N) is 4. The lowest BCUT2D eigenvalue weighted by Gasteiger charge is -2.15. The van der Waals surface area contributed by atoms with Crippen molar-refractivity contribution in [3.63, 3.8) is 0 Å². The number of aromatic nitrogens is 4. The molecular weight excluding hydrogens is 156 g/mol. The topological polar surface area (TPSA) is 63.8 Å². The fourth-order valence-electron chi connectivity index (χ4n) is 0.727. The van der Waals surface area contributed by atoms with Crippen LogP contribution in [0.25, 0.3) is 0 Å². The van der Waals surface area contributed by atoms with Crippen LogP contribution < -0.4 is 0 Å². The minimum Gasteiger partial charge on any atom is -0.396 e. The second kappa shape index (κ2) is 3.18. The molecule has 1 N–H and O–H groups in total. The van der Waals surface area contributed by atoms with Gasteiger partial charge >= 0.3 is 0 Å². The van der Waals surface area contributed by atoms with Gasteiger partial charge in [0.1, 0.15) is 0 Å². The van der Waals surface area contributed by atoms with Gasteiger partial charge in [-0.1, -0.05) is 0 Å². The van der Waals surface area contributed by atoms with E-state index in [2.05, 4.69) is 15.4 Å². The highest BCUT2D eigenvalue weighted by Crippen LogP contribution is 2.08. The maximum Gasteiger partial charge on any atom is 0.177 e. The van der Waals surface area contributed by atoms with Gasteiger partial charge in [0.25, 0.3) is 0 Å². The summed E-state index contributed by atoms with van der Waals surface area (Å²) in [6.45, 7) is 6.06. The molecule has 1 aromatic rings. The van der Waals surface area contributed by atoms with Gasteiger partial charge < -0.3 is 5.11 Å². The Hall–Kier alpha value is -0.970. The molecule has 1 heterocycles. The lowest BCUT2D eigenvalue weighted by Crippen LogP contribution is -2.24. The molecule has 5 heteroatoms. The van der Waals surface area contributed by atoms with Crippen molar-refractivity contribution in [1.29, 1.82) is 0 Å². The van der Waals surface area contributed by atoms with Gasteiger partial charge in [0.2, 0.25) is 0 Å². The monoisotopic (exact) mass is 170 g/mol. The van der Waals surface area contributed by atoms with Gasteiger partial charge in [0, 0.05) is 6.42 Å². The summed E-state index contributed by atoms with van der Waals surface area (Å²) in [5.41, 5.74) is -0.138. The van der Waals surface area contributed by atoms with E-state index in [1.807, 2.05) is 20.8 Å². The molecule has 0 aromatic carbocycles. The first-order chi connectivity index (χ1) is 5.54. The molecule has 0 unspecified atom stereocenters. The lowest BCUT2D eigenvalue weighted by atomic mass is 10.1. The highest BCUT2D eigenvalue weighted by atomic mass is 16.3. The Morgan fingerprint density at radius 2 is 2.08 bits per heavy atom. The predicted molar refractivity (Wildman–Crippen MR) is 43.6 cm³/mol. The lowest BCUT2D eigenvalue weighted by molar-refractivity contribution is 0.291. The molecule has 68 valence electrons. The van der Waals surface area contributed by atoms with Gasteiger partial charge in [-0.25, -0.2) is 0 Å². The molecular formula is C7H14N4O. The molecule has 0 amide bonds. The third kappa shape index (κ3) is 2.01. The average Bonchev–Trinajstić information content (AvgIpc) is 2.35. The molecule has 0 saturated carbocycles. The third-order valence-electron chi connectivity index (χ3n) is 1.39. The second-order valence-electron chi connectivity index (χ2n) is 3.64. The summed E-state index contributed by atoms with van der Waals surface area (Å²) < 4.78 is 0. The van der Waals surface area contributed by atoms with E-state index in [1.54, 1.807) is 4.80 Å². The summed E-state index contributed by atoms with van der Waals surface area (Å²) in [7, 11) is 0. The van der Waals surface area contributed by atoms with Crippen molar-refractivity contribution >= 4 is 0 Å². The normalized spacial score (nSPS) is 12.0. The predicted octanol–water partition coefficient (Wildman–Crippen LogP) is -0.0371. The molecule has 5 nitrogen and oxygen atoms in total. The highest BCUT2D eigenvalue weighted by Gasteiger charge is 2.16. The van der Waals surface area contributed by atoms with Crippen molar-refractivity contribution in [2.24, 2.45) is 0 Å². The number of aliphatic hydroxyl groups is 1. The van der Waals surface area contributed by atoms with Crippen molar-refractivity contribution in [2.75, 3.05) is 6.61 Å². The van der Waals surface area contributed by atoms with E-state index in [9.17, 15) is 0 Å². The Bertz CT molecular complexity index is 250. The van der Waals surface area contributed by atoms with E-state index in [4.69, 9.17) is 5.11 Å². The van der Waals surface area contributed by atoms with Crippen LogP contribution >= 0.6 is 0 Å². The standard InChI is InChI=1S/C7H14N4O/c1-7(2,3)11-9-6(4-5-12)8-10-11/h12H,4-5H2,1-3H3. The van der Waals surface area contributed by atoms with Gasteiger partial charge in [-0.15, -0.1) is 10.2 Å². The molecule has 0 aliphatic rings. The molecule has 0 bridgehead atoms. The second-order valence-corrected chi connectivity index (χ2v) is 3.64. The Morgan fingerprint density at radius 1 is 1.42 bits per heavy atom. The Labute approximate surface area is 71.4 Å². The van der Waals surface area contributed by atoms with Crippen LogP contribution in [0.2, 0.25) is 0 Å². The van der Waals surface area contributed by atoms with E-state index in [1.165, 1.54) is 0 Å². The average molecular weight is 170 g/mol. The van der Waals surface area contributed by atoms with Crippen LogP contribution in [0, 0.1) is 0 Å². The van der Waals surface area contributed by atoms with Crippen LogP contribution in [-0.2, 0) is 12.0 Å². The van der Waals surface area contributed by atoms with Gasteiger partial charge in [0.15, 0.2) is 5.82 Å². The SMILES string of the molecule is CC(C)(C)n1nnc(CCO)n1. The van der Waals surface area contributed by atoms with Gasteiger partial charge in [-0.2, -0.15) is 4.80 Å². The Kier molecular flexibility index (Phi) is 2.42. The van der Waals surface area contributed by atoms with Crippen LogP contribution in [-0.4, -0.2) is 31.9 Å². The number of hydrogen-bond acceptors (Lipinski definition) is 4. The zero-order valence-electron chi connectivity index (χ0n) is 7.65. The van der Waals surface area contributed by atoms with E-state index < -0.39 is 0 Å². The van der Waals surface area contributed by atoms with Gasteiger partial charge in [-0.3, -0.25) is 0 Å². The Morgan fingerprint density at radius 3 is 2.50 bits per heavy atom. The van der Waals surface area contributed by atoms with E-state index in [0.29, 0.717) is 12.2 Å². The number of rotatable bonds is 2. The molecule has 0 radical (unpaired) electrons. The van der Waals surface area contributed by atoms with E-state index in [-0.39, 0.29) is 12.1 Å². The largest absolute Gasteiger partial charge is 0.396 e. The first-order valence-electron chi connectivity index (χ1n) is 3.94. The smallest absolute Gasteiger partial charge is 0.177 e. The summed E-state index contributed by atoms with van der Waals surface area (Å²) in [5, 5.41) is 20.4. The minimum atomic E-state index is -0.138. The van der Waals surface area contributed by atoms with Crippen molar-refractivity contribution in [3.05, 3.63) is 5.82 Å². The quantitative estimate of drug-likeness (QED) is 0.676. The molecule has 1 rings (SSSR count). The zero-order chi connectivity index (χ0) is 9.19. The minimum absolute atomic E-state index is 0.0653. The van der Waals surface area contributed by atoms with E-state index in [0.717, 1.165) is 0 Å². The molecule has 0 aliphatic carbocycles. The summed E-state index contributed by atoms with van der Waals surface area (Å²) >= 11 is 0. The van der Waals surface area contributed by atoms with Gasteiger partial charge in [-0.05, 0) is 26.0 Å². The summed E-state index contributed by atoms with van der Waals surface area (Å²) in [4.78, 5) is 1.55. The van der Waals surface area contributed by atoms with Crippen LogP contribution in [0.1, 0.15) is 26.6 Å². The molecule has 0 saturated heterocycles. The number of hydrogen-bond donors (Lipinski definition) is 1. The van der Waals surface area contributed by atoms with Crippen LogP contribution in [0.15, 0.2) is 0 Å². The summed E-state index contributed by atoms with van der Waals surface area (Å²) in [6, 6.07) is 0. The first-order valence-corrected chi connectivity index (χ1v) is 3.94. The molecule has 0 fully saturated rings. The molecule has 12 heavy (non-hydrogen) atoms. The van der Waals surface area contributed by atoms with Crippen molar-refractivity contribution in [2.45, 2.75) is 32.7 Å². The maximum absolute atomic E-state index is 8.61. The molecule has 0 aliphatic heterocycles. The fourth-order valence-corrected chi connectivity index (χ4v) is 0.727. The summed E-state index contributed by atoms with van der Waals surface area (Å²) in [6.07, 6.45) is 0.468. The number of tetrazole rings is 1. The number of aliphatic hydroxyl groups excluding tert-OH is 1. The van der Waals surface area contributed by atoms with Crippen LogP contribution in [0.3, 0.4) is 0 Å². The van der Waals surface area contributed by atoms with Crippen molar-refractivity contribution in [3.8, 4) is 0 Å². The molecule has 0 spiro atoms. The van der Waals surface area contributed by atoms with E-state index >= 15 is 0 Å².